The highest BCUT2D eigenvalue weighted by Crippen LogP contribution is 2.49. The summed E-state index contributed by atoms with van der Waals surface area (Å²) in [6.07, 6.45) is 0. The maximum absolute atomic E-state index is 2.48. The van der Waals surface area contributed by atoms with Crippen molar-refractivity contribution in [1.29, 1.82) is 0 Å². The first kappa shape index (κ1) is 26.3. The lowest BCUT2D eigenvalue weighted by atomic mass is 10.0. The fourth-order valence-corrected chi connectivity index (χ4v) is 8.74. The molecule has 10 rings (SSSR count). The lowest BCUT2D eigenvalue weighted by Gasteiger charge is -2.27. The molecule has 0 aliphatic rings. The van der Waals surface area contributed by atoms with Gasteiger partial charge in [-0.2, -0.15) is 0 Å². The van der Waals surface area contributed by atoms with E-state index in [0.29, 0.717) is 0 Å². The fourth-order valence-electron chi connectivity index (χ4n) is 7.48. The molecule has 0 atom stereocenters. The highest BCUT2D eigenvalue weighted by molar-refractivity contribution is 7.26. The summed E-state index contributed by atoms with van der Waals surface area (Å²) < 4.78 is 5.06. The van der Waals surface area contributed by atoms with Gasteiger partial charge in [-0.05, 0) is 82.2 Å². The standard InChI is InChI=1S/C44H28N2S/c1-3-16-32(17-4-1)45(39-23-12-24-41-43(39)35-26-25-29-13-9-10-20-34(29)44(35)47-41)37-21-11-22-38-42(37)36-27-30-14-7-8-15-31(30)28-40(36)46(38)33-18-5-2-6-19-33/h1-28H. The topological polar surface area (TPSA) is 8.17 Å². The fraction of sp³-hybridized carbons (Fsp3) is 0. The number of thiophene rings is 1. The second-order valence-corrected chi connectivity index (χ2v) is 13.2. The summed E-state index contributed by atoms with van der Waals surface area (Å²) in [7, 11) is 0. The molecule has 2 nitrogen and oxygen atoms in total. The molecule has 0 saturated heterocycles. The van der Waals surface area contributed by atoms with E-state index in [4.69, 9.17) is 0 Å². The van der Waals surface area contributed by atoms with E-state index in [1.807, 2.05) is 11.3 Å². The predicted octanol–water partition coefficient (Wildman–Crippen LogP) is 12.9. The predicted molar refractivity (Wildman–Crippen MR) is 203 cm³/mol. The molecule has 0 unspecified atom stereocenters. The Morgan fingerprint density at radius 1 is 0.426 bits per heavy atom. The van der Waals surface area contributed by atoms with E-state index >= 15 is 0 Å². The Labute approximate surface area is 276 Å². The van der Waals surface area contributed by atoms with E-state index in [1.54, 1.807) is 0 Å². The van der Waals surface area contributed by atoms with Crippen LogP contribution in [0.5, 0.6) is 0 Å². The molecule has 0 N–H and O–H groups in total. The van der Waals surface area contributed by atoms with Crippen LogP contribution in [-0.2, 0) is 0 Å². The average Bonchev–Trinajstić information content (AvgIpc) is 3.68. The van der Waals surface area contributed by atoms with Crippen molar-refractivity contribution in [2.24, 2.45) is 0 Å². The highest BCUT2D eigenvalue weighted by Gasteiger charge is 2.24. The molecule has 0 aliphatic carbocycles. The Morgan fingerprint density at radius 3 is 1.89 bits per heavy atom. The van der Waals surface area contributed by atoms with Crippen molar-refractivity contribution in [2.75, 3.05) is 4.90 Å². The number of hydrogen-bond acceptors (Lipinski definition) is 2. The van der Waals surface area contributed by atoms with Gasteiger partial charge in [-0.3, -0.25) is 0 Å². The Balaban J connectivity index is 1.35. The summed E-state index contributed by atoms with van der Waals surface area (Å²) >= 11 is 1.89. The molecular formula is C44H28N2S. The second kappa shape index (κ2) is 10.3. The second-order valence-electron chi connectivity index (χ2n) is 12.1. The number of aromatic nitrogens is 1. The van der Waals surface area contributed by atoms with E-state index in [0.717, 1.165) is 17.1 Å². The van der Waals surface area contributed by atoms with Crippen LogP contribution in [0.2, 0.25) is 0 Å². The van der Waals surface area contributed by atoms with E-state index in [-0.39, 0.29) is 0 Å². The molecule has 0 aliphatic heterocycles. The molecule has 47 heavy (non-hydrogen) atoms. The van der Waals surface area contributed by atoms with Crippen molar-refractivity contribution in [1.82, 2.24) is 4.57 Å². The third-order valence-electron chi connectivity index (χ3n) is 9.51. The van der Waals surface area contributed by atoms with Crippen molar-refractivity contribution >= 4 is 91.9 Å². The van der Waals surface area contributed by atoms with Gasteiger partial charge in [0, 0.05) is 42.3 Å². The summed E-state index contributed by atoms with van der Waals surface area (Å²) in [6.45, 7) is 0. The molecule has 0 saturated carbocycles. The number of hydrogen-bond donors (Lipinski definition) is 0. The number of para-hydroxylation sites is 2. The number of rotatable bonds is 4. The zero-order valence-corrected chi connectivity index (χ0v) is 26.3. The molecule has 0 fully saturated rings. The Hall–Kier alpha value is -5.90. The van der Waals surface area contributed by atoms with Crippen LogP contribution in [0.3, 0.4) is 0 Å². The van der Waals surface area contributed by atoms with Crippen LogP contribution in [0.15, 0.2) is 170 Å². The van der Waals surface area contributed by atoms with Crippen LogP contribution in [-0.4, -0.2) is 4.57 Å². The number of benzene rings is 8. The van der Waals surface area contributed by atoms with Gasteiger partial charge in [-0.1, -0.05) is 109 Å². The first-order valence-electron chi connectivity index (χ1n) is 16.0. The summed E-state index contributed by atoms with van der Waals surface area (Å²) in [5.41, 5.74) is 7.03. The number of fused-ring (bicyclic) bond motifs is 9. The molecule has 3 heteroatoms. The minimum absolute atomic E-state index is 1.13. The summed E-state index contributed by atoms with van der Waals surface area (Å²) in [5, 5.41) is 10.1. The molecule has 0 amide bonds. The molecule has 0 radical (unpaired) electrons. The van der Waals surface area contributed by atoms with E-state index < -0.39 is 0 Å². The van der Waals surface area contributed by atoms with Crippen molar-refractivity contribution in [3.63, 3.8) is 0 Å². The first-order valence-corrected chi connectivity index (χ1v) is 16.8. The van der Waals surface area contributed by atoms with Gasteiger partial charge in [-0.25, -0.2) is 0 Å². The Bertz CT molecular complexity index is 2790. The SMILES string of the molecule is c1ccc(N(c2cccc3sc4c5ccccc5ccc4c23)c2cccc3c2c2cc4ccccc4cc2n3-c2ccccc2)cc1. The molecule has 220 valence electrons. The molecule has 8 aromatic carbocycles. The van der Waals surface area contributed by atoms with Gasteiger partial charge >= 0.3 is 0 Å². The van der Waals surface area contributed by atoms with Gasteiger partial charge < -0.3 is 9.47 Å². The molecule has 2 aromatic heterocycles. The normalized spacial score (nSPS) is 11.8. The summed E-state index contributed by atoms with van der Waals surface area (Å²) in [4.78, 5) is 2.48. The zero-order valence-electron chi connectivity index (χ0n) is 25.5. The lowest BCUT2D eigenvalue weighted by Crippen LogP contribution is -2.10. The monoisotopic (exact) mass is 616 g/mol. The highest BCUT2D eigenvalue weighted by atomic mass is 32.1. The van der Waals surface area contributed by atoms with Gasteiger partial charge in [0.05, 0.1) is 22.4 Å². The first-order chi connectivity index (χ1) is 23.3. The minimum atomic E-state index is 1.13. The molecule has 0 spiro atoms. The largest absolute Gasteiger partial charge is 0.309 e. The molecule has 10 aromatic rings. The lowest BCUT2D eigenvalue weighted by molar-refractivity contribution is 1.18. The van der Waals surface area contributed by atoms with Gasteiger partial charge in [-0.15, -0.1) is 11.3 Å². The van der Waals surface area contributed by atoms with Crippen LogP contribution >= 0.6 is 11.3 Å². The zero-order chi connectivity index (χ0) is 30.9. The van der Waals surface area contributed by atoms with E-state index in [2.05, 4.69) is 179 Å². The van der Waals surface area contributed by atoms with E-state index in [9.17, 15) is 0 Å². The summed E-state index contributed by atoms with van der Waals surface area (Å²) in [5.74, 6) is 0. The minimum Gasteiger partial charge on any atom is -0.309 e. The van der Waals surface area contributed by atoms with Crippen LogP contribution in [0.1, 0.15) is 0 Å². The number of anilines is 3. The van der Waals surface area contributed by atoms with Crippen LogP contribution in [0.4, 0.5) is 17.1 Å². The third-order valence-corrected chi connectivity index (χ3v) is 10.7. The van der Waals surface area contributed by atoms with Crippen molar-refractivity contribution in [3.8, 4) is 5.69 Å². The quantitative estimate of drug-likeness (QED) is 0.191. The maximum Gasteiger partial charge on any atom is 0.0562 e. The van der Waals surface area contributed by atoms with Gasteiger partial charge in [0.25, 0.3) is 0 Å². The molecular weight excluding hydrogens is 589 g/mol. The molecule has 0 bridgehead atoms. The maximum atomic E-state index is 2.48. The van der Waals surface area contributed by atoms with Crippen LogP contribution < -0.4 is 4.90 Å². The third kappa shape index (κ3) is 3.97. The smallest absolute Gasteiger partial charge is 0.0562 e. The van der Waals surface area contributed by atoms with Crippen molar-refractivity contribution in [2.45, 2.75) is 0 Å². The average molecular weight is 617 g/mol. The van der Waals surface area contributed by atoms with Gasteiger partial charge in [0.2, 0.25) is 0 Å². The van der Waals surface area contributed by atoms with Crippen molar-refractivity contribution < 1.29 is 0 Å². The Kier molecular flexibility index (Phi) is 5.78. The number of nitrogens with zero attached hydrogens (tertiary/aromatic N) is 2. The van der Waals surface area contributed by atoms with Gasteiger partial charge in [0.1, 0.15) is 0 Å². The van der Waals surface area contributed by atoms with Crippen LogP contribution in [0, 0.1) is 0 Å². The van der Waals surface area contributed by atoms with E-state index in [1.165, 1.54) is 69.2 Å². The van der Waals surface area contributed by atoms with Crippen LogP contribution in [0.25, 0.3) is 69.2 Å². The Morgan fingerprint density at radius 2 is 1.09 bits per heavy atom. The van der Waals surface area contributed by atoms with Gasteiger partial charge in [0.15, 0.2) is 0 Å². The summed E-state index contributed by atoms with van der Waals surface area (Å²) in [6, 6.07) is 61.9. The molecule has 2 heterocycles. The van der Waals surface area contributed by atoms with Crippen molar-refractivity contribution in [3.05, 3.63) is 170 Å².